The molecule has 1 saturated heterocycles. The van der Waals surface area contributed by atoms with Crippen LogP contribution in [0.3, 0.4) is 0 Å². The summed E-state index contributed by atoms with van der Waals surface area (Å²) in [5.74, 6) is -0.00820. The summed E-state index contributed by atoms with van der Waals surface area (Å²) in [7, 11) is 1.45. The Morgan fingerprint density at radius 2 is 1.87 bits per heavy atom. The van der Waals surface area contributed by atoms with E-state index in [0.717, 1.165) is 12.1 Å². The van der Waals surface area contributed by atoms with Gasteiger partial charge < -0.3 is 14.8 Å². The number of halogens is 4. The van der Waals surface area contributed by atoms with Gasteiger partial charge in [-0.3, -0.25) is 9.69 Å². The number of methoxy groups -OCH3 is 1. The van der Waals surface area contributed by atoms with E-state index in [1.54, 1.807) is 18.2 Å². The minimum Gasteiger partial charge on any atom is -0.496 e. The lowest BCUT2D eigenvalue weighted by atomic mass is 10.0. The van der Waals surface area contributed by atoms with Gasteiger partial charge in [-0.25, -0.2) is 0 Å². The maximum Gasteiger partial charge on any atom is 0.416 e. The fourth-order valence-electron chi connectivity index (χ4n) is 3.38. The number of carbonyl (C=O) groups is 1. The third-order valence-corrected chi connectivity index (χ3v) is 5.21. The molecular weight excluding hydrogens is 421 g/mol. The van der Waals surface area contributed by atoms with Crippen molar-refractivity contribution in [3.63, 3.8) is 0 Å². The Hall–Kier alpha value is -2.29. The van der Waals surface area contributed by atoms with E-state index in [4.69, 9.17) is 21.1 Å². The largest absolute Gasteiger partial charge is 0.496 e. The van der Waals surface area contributed by atoms with E-state index in [1.165, 1.54) is 19.2 Å². The highest BCUT2D eigenvalue weighted by Gasteiger charge is 2.31. The summed E-state index contributed by atoms with van der Waals surface area (Å²) in [6, 6.07) is 9.45. The predicted molar refractivity (Wildman–Crippen MR) is 107 cm³/mol. The molecule has 1 heterocycles. The summed E-state index contributed by atoms with van der Waals surface area (Å²) in [5, 5.41) is 3.31. The van der Waals surface area contributed by atoms with Crippen molar-refractivity contribution in [1.82, 2.24) is 10.2 Å². The van der Waals surface area contributed by atoms with E-state index in [0.29, 0.717) is 48.2 Å². The average Bonchev–Trinajstić information content (AvgIpc) is 2.74. The molecule has 0 spiro atoms. The highest BCUT2D eigenvalue weighted by Crippen LogP contribution is 2.31. The zero-order chi connectivity index (χ0) is 21.7. The highest BCUT2D eigenvalue weighted by molar-refractivity contribution is 6.30. The van der Waals surface area contributed by atoms with Crippen molar-refractivity contribution in [2.45, 2.75) is 12.2 Å². The van der Waals surface area contributed by atoms with Crippen LogP contribution in [-0.2, 0) is 10.9 Å². The Bertz CT molecular complexity index is 869. The quantitative estimate of drug-likeness (QED) is 0.729. The van der Waals surface area contributed by atoms with Crippen molar-refractivity contribution in [2.24, 2.45) is 0 Å². The van der Waals surface area contributed by atoms with Gasteiger partial charge in [0.15, 0.2) is 0 Å². The minimum atomic E-state index is -4.40. The number of rotatable bonds is 6. The van der Waals surface area contributed by atoms with Crippen LogP contribution in [0, 0.1) is 0 Å². The Labute approximate surface area is 177 Å². The molecule has 2 aromatic rings. The van der Waals surface area contributed by atoms with Crippen LogP contribution in [0.4, 0.5) is 13.2 Å². The molecule has 1 atom stereocenters. The summed E-state index contributed by atoms with van der Waals surface area (Å²) in [5.41, 5.74) is 0.310. The maximum atomic E-state index is 12.9. The van der Waals surface area contributed by atoms with Gasteiger partial charge in [0.25, 0.3) is 5.91 Å². The zero-order valence-corrected chi connectivity index (χ0v) is 17.1. The lowest BCUT2D eigenvalue weighted by Crippen LogP contribution is -2.43. The molecule has 1 amide bonds. The van der Waals surface area contributed by atoms with Crippen LogP contribution in [-0.4, -0.2) is 50.8 Å². The molecule has 3 rings (SSSR count). The number of amides is 1. The minimum absolute atomic E-state index is 0.218. The molecule has 5 nitrogen and oxygen atoms in total. The number of ether oxygens (including phenoxy) is 2. The molecule has 30 heavy (non-hydrogen) atoms. The van der Waals surface area contributed by atoms with Gasteiger partial charge >= 0.3 is 6.18 Å². The van der Waals surface area contributed by atoms with Gasteiger partial charge in [0.05, 0.1) is 37.5 Å². The van der Waals surface area contributed by atoms with Gasteiger partial charge in [-0.05, 0) is 35.9 Å². The highest BCUT2D eigenvalue weighted by atomic mass is 35.5. The first kappa shape index (κ1) is 22.4. The fourth-order valence-corrected chi connectivity index (χ4v) is 3.54. The molecule has 0 saturated carbocycles. The smallest absolute Gasteiger partial charge is 0.416 e. The molecule has 0 aliphatic carbocycles. The van der Waals surface area contributed by atoms with Crippen LogP contribution in [0.25, 0.3) is 0 Å². The summed E-state index contributed by atoms with van der Waals surface area (Å²) >= 11 is 5.94. The molecule has 162 valence electrons. The number of carbonyl (C=O) groups excluding carboxylic acids is 1. The number of hydrogen-bond donors (Lipinski definition) is 1. The molecule has 1 aliphatic heterocycles. The molecule has 1 N–H and O–H groups in total. The third kappa shape index (κ3) is 5.44. The maximum absolute atomic E-state index is 12.9. The number of morpholine rings is 1. The lowest BCUT2D eigenvalue weighted by Gasteiger charge is -2.35. The van der Waals surface area contributed by atoms with Crippen molar-refractivity contribution in [3.8, 4) is 5.75 Å². The van der Waals surface area contributed by atoms with Gasteiger partial charge in [-0.15, -0.1) is 0 Å². The van der Waals surface area contributed by atoms with E-state index in [1.807, 2.05) is 0 Å². The van der Waals surface area contributed by atoms with Crippen LogP contribution in [0.2, 0.25) is 5.02 Å². The van der Waals surface area contributed by atoms with Crippen molar-refractivity contribution < 1.29 is 27.4 Å². The topological polar surface area (TPSA) is 50.8 Å². The van der Waals surface area contributed by atoms with E-state index >= 15 is 0 Å². The van der Waals surface area contributed by atoms with Crippen molar-refractivity contribution in [1.29, 1.82) is 0 Å². The monoisotopic (exact) mass is 442 g/mol. The number of hydrogen-bond acceptors (Lipinski definition) is 4. The van der Waals surface area contributed by atoms with E-state index in [2.05, 4.69) is 10.2 Å². The van der Waals surface area contributed by atoms with Crippen molar-refractivity contribution in [2.75, 3.05) is 40.0 Å². The summed E-state index contributed by atoms with van der Waals surface area (Å²) in [6.07, 6.45) is -4.40. The second-order valence-corrected chi connectivity index (χ2v) is 7.27. The second-order valence-electron chi connectivity index (χ2n) is 6.84. The van der Waals surface area contributed by atoms with E-state index in [9.17, 15) is 18.0 Å². The van der Waals surface area contributed by atoms with Crippen LogP contribution in [0.5, 0.6) is 5.75 Å². The van der Waals surface area contributed by atoms with Crippen LogP contribution in [0.1, 0.15) is 27.5 Å². The van der Waals surface area contributed by atoms with Gasteiger partial charge in [0, 0.05) is 24.7 Å². The van der Waals surface area contributed by atoms with E-state index < -0.39 is 11.7 Å². The molecular formula is C21H22ClF3N2O3. The standard InChI is InChI=1S/C21H22ClF3N2O3/c1-29-19-12-16(22)6-7-17(19)20(28)26-13-18(27-8-10-30-11-9-27)14-2-4-15(5-3-14)21(23,24)25/h2-7,12,18H,8-11,13H2,1H3,(H,26,28). The normalized spacial score (nSPS) is 16.2. The molecule has 9 heteroatoms. The number of alkyl halides is 3. The van der Waals surface area contributed by atoms with Crippen molar-refractivity contribution >= 4 is 17.5 Å². The number of benzene rings is 2. The first-order valence-electron chi connectivity index (χ1n) is 9.40. The van der Waals surface area contributed by atoms with Gasteiger partial charge in [-0.2, -0.15) is 13.2 Å². The van der Waals surface area contributed by atoms with Crippen molar-refractivity contribution in [3.05, 3.63) is 64.2 Å². The Kier molecular flexibility index (Phi) is 7.23. The fraction of sp³-hybridized carbons (Fsp3) is 0.381. The summed E-state index contributed by atoms with van der Waals surface area (Å²) < 4.78 is 49.3. The van der Waals surface area contributed by atoms with Gasteiger partial charge in [0.1, 0.15) is 5.75 Å². The summed E-state index contributed by atoms with van der Waals surface area (Å²) in [4.78, 5) is 14.8. The zero-order valence-electron chi connectivity index (χ0n) is 16.3. The predicted octanol–water partition coefficient (Wildman–Crippen LogP) is 4.17. The Balaban J connectivity index is 1.79. The van der Waals surface area contributed by atoms with Gasteiger partial charge in [0.2, 0.25) is 0 Å². The molecule has 1 unspecified atom stereocenters. The average molecular weight is 443 g/mol. The first-order chi connectivity index (χ1) is 14.3. The lowest BCUT2D eigenvalue weighted by molar-refractivity contribution is -0.137. The molecule has 1 aliphatic rings. The van der Waals surface area contributed by atoms with Crippen LogP contribution < -0.4 is 10.1 Å². The van der Waals surface area contributed by atoms with Gasteiger partial charge in [-0.1, -0.05) is 23.7 Å². The SMILES string of the molecule is COc1cc(Cl)ccc1C(=O)NCC(c1ccc(C(F)(F)F)cc1)N1CCOCC1. The summed E-state index contributed by atoms with van der Waals surface area (Å²) in [6.45, 7) is 2.50. The molecule has 1 fully saturated rings. The third-order valence-electron chi connectivity index (χ3n) is 4.97. The number of nitrogens with zero attached hydrogens (tertiary/aromatic N) is 1. The Morgan fingerprint density at radius 1 is 1.20 bits per heavy atom. The van der Waals surface area contributed by atoms with Crippen LogP contribution in [0.15, 0.2) is 42.5 Å². The molecule has 0 bridgehead atoms. The molecule has 2 aromatic carbocycles. The number of nitrogens with one attached hydrogen (secondary N) is 1. The van der Waals surface area contributed by atoms with Crippen LogP contribution >= 0.6 is 11.6 Å². The van der Waals surface area contributed by atoms with E-state index in [-0.39, 0.29) is 18.5 Å². The first-order valence-corrected chi connectivity index (χ1v) is 9.78. The molecule has 0 radical (unpaired) electrons. The molecule has 0 aromatic heterocycles. The second kappa shape index (κ2) is 9.68. The Morgan fingerprint density at radius 3 is 2.47 bits per heavy atom.